The number of nitrogens with zero attached hydrogens (tertiary/aromatic N) is 4. The first-order chi connectivity index (χ1) is 17.5. The van der Waals surface area contributed by atoms with Crippen LogP contribution in [0.4, 0.5) is 9.52 Å². The van der Waals surface area contributed by atoms with Crippen molar-refractivity contribution in [3.8, 4) is 11.4 Å². The first kappa shape index (κ1) is 25.6. The molecule has 13 heteroatoms. The van der Waals surface area contributed by atoms with Crippen LogP contribution in [0.25, 0.3) is 5.69 Å². The van der Waals surface area contributed by atoms with Gasteiger partial charge in [0.1, 0.15) is 11.6 Å². The lowest BCUT2D eigenvalue weighted by molar-refractivity contribution is -0.113. The van der Waals surface area contributed by atoms with E-state index in [-0.39, 0.29) is 28.8 Å². The number of rotatable bonds is 10. The maximum atomic E-state index is 14.2. The van der Waals surface area contributed by atoms with Gasteiger partial charge in [0.15, 0.2) is 16.1 Å². The van der Waals surface area contributed by atoms with Crippen molar-refractivity contribution in [2.75, 3.05) is 17.7 Å². The van der Waals surface area contributed by atoms with Gasteiger partial charge in [0.2, 0.25) is 5.91 Å². The van der Waals surface area contributed by atoms with Gasteiger partial charge in [-0.1, -0.05) is 29.4 Å². The van der Waals surface area contributed by atoms with E-state index in [0.717, 1.165) is 6.07 Å². The maximum absolute atomic E-state index is 14.2. The number of carbonyl (C=O) groups is 2. The molecule has 2 heterocycles. The number of halogens is 2. The molecule has 2 aromatic heterocycles. The lowest BCUT2D eigenvalue weighted by Crippen LogP contribution is -2.26. The Morgan fingerprint density at radius 3 is 2.69 bits per heavy atom. The van der Waals surface area contributed by atoms with Crippen LogP contribution in [-0.2, 0) is 11.3 Å². The fraction of sp³-hybridized carbons (Fsp3) is 0.174. The average Bonchev–Trinajstić information content (AvgIpc) is 3.52. The minimum Gasteiger partial charge on any atom is -0.494 e. The van der Waals surface area contributed by atoms with E-state index in [1.54, 1.807) is 28.3 Å². The van der Waals surface area contributed by atoms with Crippen LogP contribution < -0.4 is 15.4 Å². The number of anilines is 1. The molecule has 2 aromatic carbocycles. The Bertz CT molecular complexity index is 1330. The predicted octanol–water partition coefficient (Wildman–Crippen LogP) is 4.58. The standard InChI is InChI=1S/C23H20ClFN6O3S2/c1-2-34-15-8-6-14(7-9-15)31-18(12-27-21(33)20-16(24)4-3-5-17(20)25)29-30-23(31)36-13-19(32)28-22-26-10-11-35-22/h3-11H,2,12-13H2,1H3,(H,27,33)(H,26,28,32). The maximum Gasteiger partial charge on any atom is 0.256 e. The van der Waals surface area contributed by atoms with Gasteiger partial charge in [-0.2, -0.15) is 0 Å². The van der Waals surface area contributed by atoms with Crippen LogP contribution in [0.3, 0.4) is 0 Å². The van der Waals surface area contributed by atoms with Crippen molar-refractivity contribution in [3.63, 3.8) is 0 Å². The van der Waals surface area contributed by atoms with Crippen LogP contribution >= 0.6 is 34.7 Å². The zero-order valence-corrected chi connectivity index (χ0v) is 21.3. The number of carbonyl (C=O) groups excluding carboxylic acids is 2. The molecule has 0 saturated carbocycles. The predicted molar refractivity (Wildman–Crippen MR) is 137 cm³/mol. The van der Waals surface area contributed by atoms with Gasteiger partial charge in [0.05, 0.1) is 29.5 Å². The fourth-order valence-electron chi connectivity index (χ4n) is 3.16. The van der Waals surface area contributed by atoms with E-state index in [9.17, 15) is 14.0 Å². The minimum atomic E-state index is -0.726. The summed E-state index contributed by atoms with van der Waals surface area (Å²) in [7, 11) is 0. The van der Waals surface area contributed by atoms with E-state index in [2.05, 4.69) is 25.8 Å². The van der Waals surface area contributed by atoms with Gasteiger partial charge in [-0.05, 0) is 43.3 Å². The molecule has 0 aliphatic heterocycles. The summed E-state index contributed by atoms with van der Waals surface area (Å²) in [4.78, 5) is 29.0. The first-order valence-corrected chi connectivity index (χ1v) is 12.9. The van der Waals surface area contributed by atoms with E-state index in [1.807, 2.05) is 19.1 Å². The molecule has 0 aliphatic carbocycles. The molecule has 186 valence electrons. The second-order valence-electron chi connectivity index (χ2n) is 7.11. The Hall–Kier alpha value is -3.48. The van der Waals surface area contributed by atoms with Crippen molar-refractivity contribution in [1.82, 2.24) is 25.1 Å². The second-order valence-corrected chi connectivity index (χ2v) is 9.36. The molecule has 0 bridgehead atoms. The van der Waals surface area contributed by atoms with Gasteiger partial charge < -0.3 is 15.4 Å². The van der Waals surface area contributed by atoms with Gasteiger partial charge in [-0.25, -0.2) is 9.37 Å². The molecule has 36 heavy (non-hydrogen) atoms. The van der Waals surface area contributed by atoms with E-state index in [1.165, 1.54) is 35.2 Å². The number of thiazole rings is 1. The van der Waals surface area contributed by atoms with Gasteiger partial charge >= 0.3 is 0 Å². The fourth-order valence-corrected chi connectivity index (χ4v) is 4.72. The highest BCUT2D eigenvalue weighted by Crippen LogP contribution is 2.25. The molecule has 2 amide bonds. The third kappa shape index (κ3) is 6.20. The van der Waals surface area contributed by atoms with Gasteiger partial charge in [0.25, 0.3) is 5.91 Å². The third-order valence-electron chi connectivity index (χ3n) is 4.71. The smallest absolute Gasteiger partial charge is 0.256 e. The monoisotopic (exact) mass is 546 g/mol. The first-order valence-electron chi connectivity index (χ1n) is 10.7. The quantitative estimate of drug-likeness (QED) is 0.280. The summed E-state index contributed by atoms with van der Waals surface area (Å²) < 4.78 is 21.4. The summed E-state index contributed by atoms with van der Waals surface area (Å²) in [5.41, 5.74) is 0.444. The Morgan fingerprint density at radius 2 is 2.00 bits per heavy atom. The zero-order valence-electron chi connectivity index (χ0n) is 18.9. The molecule has 0 radical (unpaired) electrons. The average molecular weight is 547 g/mol. The van der Waals surface area contributed by atoms with Crippen LogP contribution in [-0.4, -0.2) is 43.9 Å². The summed E-state index contributed by atoms with van der Waals surface area (Å²) in [5.74, 6) is -0.531. The Kier molecular flexibility index (Phi) is 8.52. The Labute approximate surface area is 219 Å². The van der Waals surface area contributed by atoms with Gasteiger partial charge in [0, 0.05) is 17.3 Å². The molecular weight excluding hydrogens is 527 g/mol. The molecule has 2 N–H and O–H groups in total. The lowest BCUT2D eigenvalue weighted by Gasteiger charge is -2.12. The Balaban J connectivity index is 1.55. The summed E-state index contributed by atoms with van der Waals surface area (Å²) in [5, 5.41) is 16.5. The van der Waals surface area contributed by atoms with Gasteiger partial charge in [-0.3, -0.25) is 14.2 Å². The SMILES string of the molecule is CCOc1ccc(-n2c(CNC(=O)c3c(F)cccc3Cl)nnc2SCC(=O)Nc2nccs2)cc1. The number of amides is 2. The van der Waals surface area contributed by atoms with E-state index in [0.29, 0.717) is 34.2 Å². The van der Waals surface area contributed by atoms with Crippen LogP contribution in [0.5, 0.6) is 5.75 Å². The van der Waals surface area contributed by atoms with E-state index < -0.39 is 11.7 Å². The molecule has 0 saturated heterocycles. The summed E-state index contributed by atoms with van der Waals surface area (Å²) in [6.45, 7) is 2.36. The molecule has 9 nitrogen and oxygen atoms in total. The molecule has 4 rings (SSSR count). The van der Waals surface area contributed by atoms with Crippen molar-refractivity contribution in [1.29, 1.82) is 0 Å². The number of aromatic nitrogens is 4. The van der Waals surface area contributed by atoms with Crippen LogP contribution in [0.2, 0.25) is 5.02 Å². The largest absolute Gasteiger partial charge is 0.494 e. The third-order valence-corrected chi connectivity index (χ3v) is 6.65. The highest BCUT2D eigenvalue weighted by molar-refractivity contribution is 7.99. The molecule has 0 aliphatic rings. The van der Waals surface area contributed by atoms with E-state index >= 15 is 0 Å². The number of hydrogen-bond acceptors (Lipinski definition) is 8. The molecule has 0 atom stereocenters. The normalized spacial score (nSPS) is 10.8. The molecular formula is C23H20ClFN6O3S2. The van der Waals surface area contributed by atoms with Crippen LogP contribution in [0.1, 0.15) is 23.1 Å². The second kappa shape index (κ2) is 12.0. The van der Waals surface area contributed by atoms with Crippen molar-refractivity contribution >= 4 is 51.6 Å². The molecule has 0 spiro atoms. The summed E-state index contributed by atoms with van der Waals surface area (Å²) in [6.07, 6.45) is 1.60. The molecule has 0 unspecified atom stereocenters. The van der Waals surface area contributed by atoms with Crippen molar-refractivity contribution in [2.45, 2.75) is 18.6 Å². The van der Waals surface area contributed by atoms with Crippen LogP contribution in [0, 0.1) is 5.82 Å². The number of thioether (sulfide) groups is 1. The highest BCUT2D eigenvalue weighted by Gasteiger charge is 2.20. The minimum absolute atomic E-state index is 0.00275. The molecule has 4 aromatic rings. The summed E-state index contributed by atoms with van der Waals surface area (Å²) >= 11 is 8.50. The lowest BCUT2D eigenvalue weighted by atomic mass is 10.2. The number of ether oxygens (including phenoxy) is 1. The van der Waals surface area contributed by atoms with E-state index in [4.69, 9.17) is 16.3 Å². The number of nitrogens with one attached hydrogen (secondary N) is 2. The van der Waals surface area contributed by atoms with Gasteiger partial charge in [-0.15, -0.1) is 21.5 Å². The highest BCUT2D eigenvalue weighted by atomic mass is 35.5. The van der Waals surface area contributed by atoms with Crippen molar-refractivity contribution < 1.29 is 18.7 Å². The summed E-state index contributed by atoms with van der Waals surface area (Å²) in [6, 6.07) is 11.2. The Morgan fingerprint density at radius 1 is 1.19 bits per heavy atom. The zero-order chi connectivity index (χ0) is 25.5. The number of hydrogen-bond donors (Lipinski definition) is 2. The number of benzene rings is 2. The van der Waals surface area contributed by atoms with Crippen molar-refractivity contribution in [2.24, 2.45) is 0 Å². The topological polar surface area (TPSA) is 111 Å². The molecule has 0 fully saturated rings. The van der Waals surface area contributed by atoms with Crippen LogP contribution in [0.15, 0.2) is 59.2 Å². The van der Waals surface area contributed by atoms with Crippen molar-refractivity contribution in [3.05, 3.63) is 76.3 Å².